The van der Waals surface area contributed by atoms with Gasteiger partial charge in [-0.2, -0.15) is 0 Å². The molecule has 0 saturated carbocycles. The number of piperazine rings is 1. The van der Waals surface area contributed by atoms with Crippen LogP contribution in [0.25, 0.3) is 0 Å². The number of carbonyl (C=O) groups is 2. The van der Waals surface area contributed by atoms with Gasteiger partial charge in [0.25, 0.3) is 0 Å². The average Bonchev–Trinajstić information content (AvgIpc) is 2.74. The molecule has 0 unspecified atom stereocenters. The summed E-state index contributed by atoms with van der Waals surface area (Å²) in [7, 11) is 5.12. The molecule has 0 atom stereocenters. The minimum Gasteiger partial charge on any atom is -0.497 e. The third-order valence-corrected chi connectivity index (χ3v) is 4.85. The van der Waals surface area contributed by atoms with Crippen molar-refractivity contribution in [2.24, 2.45) is 0 Å². The Morgan fingerprint density at radius 2 is 1.52 bits per heavy atom. The molecule has 8 heteroatoms. The van der Waals surface area contributed by atoms with E-state index in [0.29, 0.717) is 22.9 Å². The molecule has 1 aliphatic rings. The van der Waals surface area contributed by atoms with Crippen LogP contribution in [0.5, 0.6) is 11.5 Å². The van der Waals surface area contributed by atoms with Crippen LogP contribution in [0, 0.1) is 0 Å². The normalized spacial score (nSPS) is 14.2. The van der Waals surface area contributed by atoms with Crippen molar-refractivity contribution in [3.63, 3.8) is 0 Å². The van der Waals surface area contributed by atoms with Crippen LogP contribution in [0.2, 0.25) is 0 Å². The van der Waals surface area contributed by atoms with Crippen LogP contribution < -0.4 is 25.0 Å². The Bertz CT molecular complexity index is 861. The second-order valence-corrected chi connectivity index (χ2v) is 6.81. The Kier molecular flexibility index (Phi) is 6.56. The molecule has 2 aromatic carbocycles. The van der Waals surface area contributed by atoms with E-state index < -0.39 is 11.8 Å². The van der Waals surface area contributed by atoms with Crippen LogP contribution >= 0.6 is 0 Å². The van der Waals surface area contributed by atoms with Crippen molar-refractivity contribution in [3.05, 3.63) is 42.5 Å². The smallest absolute Gasteiger partial charge is 0.314 e. The number of rotatable bonds is 5. The molecule has 2 amide bonds. The summed E-state index contributed by atoms with van der Waals surface area (Å²) in [6.45, 7) is 3.97. The second kappa shape index (κ2) is 9.29. The summed E-state index contributed by atoms with van der Waals surface area (Å²) in [6, 6.07) is 12.4. The van der Waals surface area contributed by atoms with E-state index in [4.69, 9.17) is 9.47 Å². The van der Waals surface area contributed by atoms with Crippen molar-refractivity contribution in [3.8, 4) is 11.5 Å². The van der Waals surface area contributed by atoms with Gasteiger partial charge in [-0.05, 0) is 43.4 Å². The van der Waals surface area contributed by atoms with Crippen LogP contribution in [-0.2, 0) is 9.59 Å². The van der Waals surface area contributed by atoms with Crippen molar-refractivity contribution in [2.75, 3.05) is 63.0 Å². The van der Waals surface area contributed by atoms with Gasteiger partial charge in [0.15, 0.2) is 0 Å². The predicted octanol–water partition coefficient (Wildman–Crippen LogP) is 2.03. The molecule has 0 bridgehead atoms. The summed E-state index contributed by atoms with van der Waals surface area (Å²) in [5, 5.41) is 5.17. The fourth-order valence-corrected chi connectivity index (χ4v) is 3.10. The topological polar surface area (TPSA) is 83.1 Å². The summed E-state index contributed by atoms with van der Waals surface area (Å²) in [6.07, 6.45) is 0. The monoisotopic (exact) mass is 398 g/mol. The van der Waals surface area contributed by atoms with Crippen molar-refractivity contribution in [1.82, 2.24) is 4.90 Å². The number of hydrogen-bond acceptors (Lipinski definition) is 6. The number of hydrogen-bond donors (Lipinski definition) is 2. The van der Waals surface area contributed by atoms with Gasteiger partial charge in [-0.15, -0.1) is 0 Å². The molecular formula is C21H26N4O4. The first-order chi connectivity index (χ1) is 14.0. The van der Waals surface area contributed by atoms with E-state index in [1.807, 2.05) is 12.1 Å². The van der Waals surface area contributed by atoms with Crippen LogP contribution in [-0.4, -0.2) is 64.2 Å². The molecule has 2 N–H and O–H groups in total. The van der Waals surface area contributed by atoms with Gasteiger partial charge in [0.05, 0.1) is 19.9 Å². The molecule has 1 saturated heterocycles. The van der Waals surface area contributed by atoms with Gasteiger partial charge >= 0.3 is 11.8 Å². The zero-order valence-corrected chi connectivity index (χ0v) is 16.9. The highest BCUT2D eigenvalue weighted by molar-refractivity contribution is 6.43. The molecule has 1 fully saturated rings. The number of methoxy groups -OCH3 is 2. The number of nitrogens with zero attached hydrogens (tertiary/aromatic N) is 2. The molecule has 0 aromatic heterocycles. The Hall–Kier alpha value is -3.26. The van der Waals surface area contributed by atoms with Crippen LogP contribution in [0.4, 0.5) is 17.1 Å². The average molecular weight is 398 g/mol. The number of benzene rings is 2. The SMILES string of the molecule is COc1ccc(OC)c(NC(=O)C(=O)Nc2ccc(N3CCN(C)CC3)cc2)c1. The van der Waals surface area contributed by atoms with Gasteiger partial charge in [-0.25, -0.2) is 0 Å². The molecule has 8 nitrogen and oxygen atoms in total. The summed E-state index contributed by atoms with van der Waals surface area (Å²) in [5.41, 5.74) is 2.01. The quantitative estimate of drug-likeness (QED) is 0.750. The van der Waals surface area contributed by atoms with Gasteiger partial charge in [0.1, 0.15) is 11.5 Å². The molecular weight excluding hydrogens is 372 g/mol. The number of amides is 2. The Labute approximate surface area is 170 Å². The van der Waals surface area contributed by atoms with Crippen molar-refractivity contribution in [2.45, 2.75) is 0 Å². The standard InChI is InChI=1S/C21H26N4O4/c1-24-10-12-25(13-11-24)16-6-4-15(5-7-16)22-20(26)21(27)23-18-14-17(28-2)8-9-19(18)29-3/h4-9,14H,10-13H2,1-3H3,(H,22,26)(H,23,27). The van der Waals surface area contributed by atoms with Crippen LogP contribution in [0.3, 0.4) is 0 Å². The van der Waals surface area contributed by atoms with Crippen molar-refractivity contribution in [1.29, 1.82) is 0 Å². The van der Waals surface area contributed by atoms with E-state index in [9.17, 15) is 9.59 Å². The summed E-state index contributed by atoms with van der Waals surface area (Å²) < 4.78 is 10.4. The highest BCUT2D eigenvalue weighted by Gasteiger charge is 2.18. The number of likely N-dealkylation sites (N-methyl/N-ethyl adjacent to an activating group) is 1. The zero-order chi connectivity index (χ0) is 20.8. The molecule has 0 radical (unpaired) electrons. The molecule has 29 heavy (non-hydrogen) atoms. The van der Waals surface area contributed by atoms with Gasteiger partial charge in [-0.3, -0.25) is 9.59 Å². The second-order valence-electron chi connectivity index (χ2n) is 6.81. The molecule has 0 aliphatic carbocycles. The third kappa shape index (κ3) is 5.17. The Morgan fingerprint density at radius 3 is 2.14 bits per heavy atom. The predicted molar refractivity (Wildman–Crippen MR) is 113 cm³/mol. The fraction of sp³-hybridized carbons (Fsp3) is 0.333. The molecule has 3 rings (SSSR count). The molecule has 1 heterocycles. The number of carbonyl (C=O) groups excluding carboxylic acids is 2. The van der Waals surface area contributed by atoms with E-state index in [0.717, 1.165) is 31.9 Å². The summed E-state index contributed by atoms with van der Waals surface area (Å²) >= 11 is 0. The minimum atomic E-state index is -0.792. The maximum Gasteiger partial charge on any atom is 0.314 e. The first-order valence-electron chi connectivity index (χ1n) is 9.38. The lowest BCUT2D eigenvalue weighted by atomic mass is 10.2. The molecule has 2 aromatic rings. The number of anilines is 3. The van der Waals surface area contributed by atoms with E-state index in [-0.39, 0.29) is 0 Å². The zero-order valence-electron chi connectivity index (χ0n) is 16.9. The lowest BCUT2D eigenvalue weighted by molar-refractivity contribution is -0.133. The van der Waals surface area contributed by atoms with Gasteiger partial charge in [-0.1, -0.05) is 0 Å². The van der Waals surface area contributed by atoms with Crippen LogP contribution in [0.15, 0.2) is 42.5 Å². The van der Waals surface area contributed by atoms with Crippen molar-refractivity contribution >= 4 is 28.9 Å². The van der Waals surface area contributed by atoms with Gasteiger partial charge < -0.3 is 29.9 Å². The molecule has 1 aliphatic heterocycles. The van der Waals surface area contributed by atoms with Crippen molar-refractivity contribution < 1.29 is 19.1 Å². The number of ether oxygens (including phenoxy) is 2. The molecule has 154 valence electrons. The van der Waals surface area contributed by atoms with E-state index >= 15 is 0 Å². The lowest BCUT2D eigenvalue weighted by Crippen LogP contribution is -2.44. The Morgan fingerprint density at radius 1 is 0.862 bits per heavy atom. The highest BCUT2D eigenvalue weighted by atomic mass is 16.5. The third-order valence-electron chi connectivity index (χ3n) is 4.85. The van der Waals surface area contributed by atoms with Gasteiger partial charge in [0.2, 0.25) is 0 Å². The number of nitrogens with one attached hydrogen (secondary N) is 2. The van der Waals surface area contributed by atoms with E-state index in [1.165, 1.54) is 14.2 Å². The first kappa shape index (κ1) is 20.5. The minimum absolute atomic E-state index is 0.359. The highest BCUT2D eigenvalue weighted by Crippen LogP contribution is 2.29. The van der Waals surface area contributed by atoms with Gasteiger partial charge in [0, 0.05) is 43.6 Å². The fourth-order valence-electron chi connectivity index (χ4n) is 3.10. The summed E-state index contributed by atoms with van der Waals surface area (Å²) in [4.78, 5) is 29.2. The maximum atomic E-state index is 12.3. The largest absolute Gasteiger partial charge is 0.497 e. The maximum absolute atomic E-state index is 12.3. The first-order valence-corrected chi connectivity index (χ1v) is 9.38. The van der Waals surface area contributed by atoms with Crippen LogP contribution in [0.1, 0.15) is 0 Å². The van der Waals surface area contributed by atoms with E-state index in [1.54, 1.807) is 30.3 Å². The molecule has 0 spiro atoms. The summed E-state index contributed by atoms with van der Waals surface area (Å²) in [5.74, 6) is -0.577. The Balaban J connectivity index is 1.60. The van der Waals surface area contributed by atoms with E-state index in [2.05, 4.69) is 27.5 Å². The lowest BCUT2D eigenvalue weighted by Gasteiger charge is -2.34.